The predicted octanol–water partition coefficient (Wildman–Crippen LogP) is 3.42. The highest BCUT2D eigenvalue weighted by Crippen LogP contribution is 2.19. The molecule has 0 aliphatic carbocycles. The van der Waals surface area contributed by atoms with Gasteiger partial charge in [0.1, 0.15) is 5.69 Å². The fraction of sp³-hybridized carbons (Fsp3) is 0.375. The van der Waals surface area contributed by atoms with Gasteiger partial charge in [0.05, 0.1) is 0 Å². The average molecular weight is 272 g/mol. The average Bonchev–Trinajstić information content (AvgIpc) is 2.89. The summed E-state index contributed by atoms with van der Waals surface area (Å²) in [6, 6.07) is 9.70. The van der Waals surface area contributed by atoms with E-state index >= 15 is 0 Å². The van der Waals surface area contributed by atoms with Crippen molar-refractivity contribution in [2.75, 3.05) is 0 Å². The highest BCUT2D eigenvalue weighted by molar-refractivity contribution is 5.92. The summed E-state index contributed by atoms with van der Waals surface area (Å²) < 4.78 is 5.13. The van der Waals surface area contributed by atoms with Gasteiger partial charge >= 0.3 is 0 Å². The minimum Gasteiger partial charge on any atom is -0.350 e. The van der Waals surface area contributed by atoms with Crippen LogP contribution in [-0.2, 0) is 0 Å². The summed E-state index contributed by atoms with van der Waals surface area (Å²) in [6.45, 7) is 8.12. The van der Waals surface area contributed by atoms with Gasteiger partial charge in [-0.15, -0.1) is 0 Å². The van der Waals surface area contributed by atoms with Crippen molar-refractivity contribution in [1.29, 1.82) is 0 Å². The molecule has 2 rings (SSSR count). The van der Waals surface area contributed by atoms with Crippen molar-refractivity contribution in [1.82, 2.24) is 10.5 Å². The minimum absolute atomic E-state index is 0.0930. The Morgan fingerprint density at radius 2 is 1.85 bits per heavy atom. The molecule has 0 spiro atoms. The molecule has 1 N–H and O–H groups in total. The molecule has 4 heteroatoms. The van der Waals surface area contributed by atoms with Crippen LogP contribution in [0.5, 0.6) is 0 Å². The highest BCUT2D eigenvalue weighted by atomic mass is 16.5. The number of aromatic nitrogens is 1. The molecule has 1 amide bonds. The molecule has 0 unspecified atom stereocenters. The van der Waals surface area contributed by atoms with Crippen LogP contribution in [0.4, 0.5) is 0 Å². The fourth-order valence-corrected chi connectivity index (χ4v) is 1.69. The van der Waals surface area contributed by atoms with Crippen LogP contribution in [0.2, 0.25) is 0 Å². The summed E-state index contributed by atoms with van der Waals surface area (Å²) in [4.78, 5) is 12.0. The Kier molecular flexibility index (Phi) is 4.23. The smallest absolute Gasteiger partial charge is 0.290 e. The maximum atomic E-state index is 12.0. The SMILES string of the molecule is Cc1ccc(-c2cc(C(=O)N[C@@H](C)C(C)C)on2)cc1. The molecular weight excluding hydrogens is 252 g/mol. The zero-order valence-corrected chi connectivity index (χ0v) is 12.3. The van der Waals surface area contributed by atoms with E-state index in [0.29, 0.717) is 11.6 Å². The Balaban J connectivity index is 2.12. The Bertz CT molecular complexity index is 585. The van der Waals surface area contributed by atoms with Gasteiger partial charge < -0.3 is 9.84 Å². The van der Waals surface area contributed by atoms with E-state index in [1.165, 1.54) is 5.56 Å². The normalized spacial score (nSPS) is 12.4. The van der Waals surface area contributed by atoms with E-state index in [1.807, 2.05) is 38.1 Å². The zero-order chi connectivity index (χ0) is 14.7. The van der Waals surface area contributed by atoms with Gasteiger partial charge in [-0.25, -0.2) is 0 Å². The van der Waals surface area contributed by atoms with Gasteiger partial charge in [-0.05, 0) is 19.8 Å². The monoisotopic (exact) mass is 272 g/mol. The molecule has 0 saturated carbocycles. The molecule has 0 radical (unpaired) electrons. The third kappa shape index (κ3) is 3.26. The van der Waals surface area contributed by atoms with Crippen LogP contribution >= 0.6 is 0 Å². The number of nitrogens with zero attached hydrogens (tertiary/aromatic N) is 1. The van der Waals surface area contributed by atoms with Gasteiger partial charge in [0.25, 0.3) is 5.91 Å². The van der Waals surface area contributed by atoms with Crippen LogP contribution in [0.3, 0.4) is 0 Å². The number of rotatable bonds is 4. The molecule has 1 aromatic carbocycles. The first-order chi connectivity index (χ1) is 9.47. The first-order valence-corrected chi connectivity index (χ1v) is 6.82. The maximum Gasteiger partial charge on any atom is 0.290 e. The maximum absolute atomic E-state index is 12.0. The number of benzene rings is 1. The molecule has 1 heterocycles. The molecular formula is C16H20N2O2. The second kappa shape index (κ2) is 5.90. The molecule has 0 aliphatic rings. The molecule has 0 saturated heterocycles. The van der Waals surface area contributed by atoms with Gasteiger partial charge in [-0.2, -0.15) is 0 Å². The first kappa shape index (κ1) is 14.3. The molecule has 0 bridgehead atoms. The molecule has 1 aromatic heterocycles. The number of nitrogens with one attached hydrogen (secondary N) is 1. The quantitative estimate of drug-likeness (QED) is 0.927. The summed E-state index contributed by atoms with van der Waals surface area (Å²) in [5.41, 5.74) is 2.80. The number of hydrogen-bond donors (Lipinski definition) is 1. The summed E-state index contributed by atoms with van der Waals surface area (Å²) in [7, 11) is 0. The van der Waals surface area contributed by atoms with Crippen molar-refractivity contribution in [3.05, 3.63) is 41.7 Å². The standard InChI is InChI=1S/C16H20N2O2/c1-10(2)12(4)17-16(19)15-9-14(18-20-15)13-7-5-11(3)6-8-13/h5-10,12H,1-4H3,(H,17,19)/t12-/m0/s1. The van der Waals surface area contributed by atoms with Gasteiger partial charge in [-0.3, -0.25) is 4.79 Å². The van der Waals surface area contributed by atoms with Crippen molar-refractivity contribution in [3.63, 3.8) is 0 Å². The first-order valence-electron chi connectivity index (χ1n) is 6.82. The second-order valence-corrected chi connectivity index (χ2v) is 5.45. The number of aryl methyl sites for hydroxylation is 1. The predicted molar refractivity (Wildman–Crippen MR) is 78.4 cm³/mol. The van der Waals surface area contributed by atoms with Crippen LogP contribution in [0, 0.1) is 12.8 Å². The topological polar surface area (TPSA) is 55.1 Å². The lowest BCUT2D eigenvalue weighted by Gasteiger charge is -2.15. The van der Waals surface area contributed by atoms with E-state index in [-0.39, 0.29) is 17.7 Å². The lowest BCUT2D eigenvalue weighted by molar-refractivity contribution is 0.0893. The molecule has 20 heavy (non-hydrogen) atoms. The van der Waals surface area contributed by atoms with Gasteiger partial charge in [0.2, 0.25) is 5.76 Å². The highest BCUT2D eigenvalue weighted by Gasteiger charge is 2.17. The van der Waals surface area contributed by atoms with E-state index in [2.05, 4.69) is 24.3 Å². The fourth-order valence-electron chi connectivity index (χ4n) is 1.69. The molecule has 0 fully saturated rings. The Labute approximate surface area is 119 Å². The third-order valence-electron chi connectivity index (χ3n) is 3.44. The molecule has 106 valence electrons. The Morgan fingerprint density at radius 1 is 1.20 bits per heavy atom. The van der Waals surface area contributed by atoms with Gasteiger partial charge in [0, 0.05) is 17.7 Å². The number of carbonyl (C=O) groups is 1. The van der Waals surface area contributed by atoms with Crippen LogP contribution in [0.1, 0.15) is 36.9 Å². The van der Waals surface area contributed by atoms with Crippen LogP contribution in [-0.4, -0.2) is 17.1 Å². The van der Waals surface area contributed by atoms with E-state index in [4.69, 9.17) is 4.52 Å². The van der Waals surface area contributed by atoms with Crippen molar-refractivity contribution in [3.8, 4) is 11.3 Å². The van der Waals surface area contributed by atoms with Gasteiger partial charge in [0.15, 0.2) is 0 Å². The van der Waals surface area contributed by atoms with Crippen molar-refractivity contribution < 1.29 is 9.32 Å². The number of amides is 1. The third-order valence-corrected chi connectivity index (χ3v) is 3.44. The molecule has 1 atom stereocenters. The largest absolute Gasteiger partial charge is 0.350 e. The van der Waals surface area contributed by atoms with Gasteiger partial charge in [-0.1, -0.05) is 48.8 Å². The molecule has 2 aromatic rings. The lowest BCUT2D eigenvalue weighted by Crippen LogP contribution is -2.35. The Hall–Kier alpha value is -2.10. The van der Waals surface area contributed by atoms with E-state index in [9.17, 15) is 4.79 Å². The summed E-state index contributed by atoms with van der Waals surface area (Å²) in [5.74, 6) is 0.392. The summed E-state index contributed by atoms with van der Waals surface area (Å²) in [6.07, 6.45) is 0. The number of carbonyl (C=O) groups excluding carboxylic acids is 1. The van der Waals surface area contributed by atoms with Crippen LogP contribution in [0.15, 0.2) is 34.9 Å². The van der Waals surface area contributed by atoms with Crippen LogP contribution in [0.25, 0.3) is 11.3 Å². The van der Waals surface area contributed by atoms with Crippen molar-refractivity contribution in [2.24, 2.45) is 5.92 Å². The summed E-state index contributed by atoms with van der Waals surface area (Å²) in [5, 5.41) is 6.85. The molecule has 4 nitrogen and oxygen atoms in total. The Morgan fingerprint density at radius 3 is 2.45 bits per heavy atom. The second-order valence-electron chi connectivity index (χ2n) is 5.45. The van der Waals surface area contributed by atoms with E-state index < -0.39 is 0 Å². The molecule has 0 aliphatic heterocycles. The zero-order valence-electron chi connectivity index (χ0n) is 12.3. The number of hydrogen-bond acceptors (Lipinski definition) is 3. The van der Waals surface area contributed by atoms with Crippen molar-refractivity contribution in [2.45, 2.75) is 33.7 Å². The van der Waals surface area contributed by atoms with E-state index in [1.54, 1.807) is 6.07 Å². The van der Waals surface area contributed by atoms with E-state index in [0.717, 1.165) is 5.56 Å². The summed E-state index contributed by atoms with van der Waals surface area (Å²) >= 11 is 0. The minimum atomic E-state index is -0.225. The lowest BCUT2D eigenvalue weighted by atomic mass is 10.1. The van der Waals surface area contributed by atoms with Crippen LogP contribution < -0.4 is 5.32 Å². The van der Waals surface area contributed by atoms with Crippen molar-refractivity contribution >= 4 is 5.91 Å².